The molecule has 1 aromatic heterocycles. The predicted octanol–water partition coefficient (Wildman–Crippen LogP) is 2.66. The summed E-state index contributed by atoms with van der Waals surface area (Å²) >= 11 is 0. The van der Waals surface area contributed by atoms with Crippen molar-refractivity contribution < 1.29 is 14.5 Å². The first-order valence-corrected chi connectivity index (χ1v) is 8.14. The third-order valence-electron chi connectivity index (χ3n) is 4.09. The first kappa shape index (κ1) is 19.3. The van der Waals surface area contributed by atoms with E-state index in [1.807, 2.05) is 12.1 Å². The number of hydrogen-bond acceptors (Lipinski definition) is 5. The van der Waals surface area contributed by atoms with Gasteiger partial charge in [0.25, 0.3) is 5.91 Å². The average Bonchev–Trinajstić information content (AvgIpc) is 2.80. The van der Waals surface area contributed by atoms with E-state index in [-0.39, 0.29) is 29.0 Å². The molecule has 0 aliphatic carbocycles. The Balaban J connectivity index is 2.07. The van der Waals surface area contributed by atoms with Crippen molar-refractivity contribution in [2.24, 2.45) is 0 Å². The number of carbonyl (C=O) groups excluding carboxylic acids is 2. The molecule has 0 aliphatic heterocycles. The van der Waals surface area contributed by atoms with Crippen LogP contribution in [0.15, 0.2) is 24.3 Å². The fourth-order valence-electron chi connectivity index (χ4n) is 2.60. The molecular formula is C18H22N4O4. The summed E-state index contributed by atoms with van der Waals surface area (Å²) in [5, 5.41) is 17.3. The van der Waals surface area contributed by atoms with Gasteiger partial charge in [-0.1, -0.05) is 32.9 Å². The van der Waals surface area contributed by atoms with Gasteiger partial charge in [0.2, 0.25) is 5.91 Å². The second-order valence-corrected chi connectivity index (χ2v) is 7.14. The molecule has 0 saturated carbocycles. The van der Waals surface area contributed by atoms with Gasteiger partial charge in [0.15, 0.2) is 0 Å². The normalized spacial score (nSPS) is 11.3. The fourth-order valence-corrected chi connectivity index (χ4v) is 2.60. The van der Waals surface area contributed by atoms with Gasteiger partial charge in [-0.15, -0.1) is 0 Å². The Labute approximate surface area is 151 Å². The van der Waals surface area contributed by atoms with Gasteiger partial charge >= 0.3 is 5.69 Å². The van der Waals surface area contributed by atoms with Crippen LogP contribution in [0.1, 0.15) is 48.1 Å². The molecule has 2 amide bonds. The van der Waals surface area contributed by atoms with E-state index < -0.39 is 16.7 Å². The van der Waals surface area contributed by atoms with Gasteiger partial charge in [-0.2, -0.15) is 5.10 Å². The molecule has 0 fully saturated rings. The van der Waals surface area contributed by atoms with E-state index in [2.05, 4.69) is 31.2 Å². The number of carbonyl (C=O) groups is 2. The van der Waals surface area contributed by atoms with Crippen molar-refractivity contribution in [3.05, 3.63) is 56.9 Å². The lowest BCUT2D eigenvalue weighted by Gasteiger charge is -2.19. The van der Waals surface area contributed by atoms with Crippen LogP contribution in [0.4, 0.5) is 5.69 Å². The van der Waals surface area contributed by atoms with Crippen LogP contribution in [0.25, 0.3) is 0 Å². The van der Waals surface area contributed by atoms with Gasteiger partial charge in [0, 0.05) is 5.56 Å². The molecule has 0 bridgehead atoms. The molecule has 0 spiro atoms. The van der Waals surface area contributed by atoms with Crippen LogP contribution in [0.5, 0.6) is 0 Å². The summed E-state index contributed by atoms with van der Waals surface area (Å²) < 4.78 is 1.22. The number of hydrogen-bond donors (Lipinski definition) is 1. The van der Waals surface area contributed by atoms with Crippen LogP contribution in [-0.4, -0.2) is 26.5 Å². The third-order valence-corrected chi connectivity index (χ3v) is 4.09. The predicted molar refractivity (Wildman–Crippen MR) is 96.0 cm³/mol. The van der Waals surface area contributed by atoms with E-state index in [0.29, 0.717) is 5.56 Å². The maximum absolute atomic E-state index is 12.2. The average molecular weight is 358 g/mol. The molecule has 2 aromatic rings. The first-order valence-electron chi connectivity index (χ1n) is 8.14. The Hall–Kier alpha value is -3.03. The van der Waals surface area contributed by atoms with E-state index in [9.17, 15) is 19.7 Å². The molecule has 138 valence electrons. The highest BCUT2D eigenvalue weighted by atomic mass is 16.6. The number of imide groups is 1. The molecule has 0 radical (unpaired) electrons. The van der Waals surface area contributed by atoms with Crippen molar-refractivity contribution in [2.75, 3.05) is 0 Å². The summed E-state index contributed by atoms with van der Waals surface area (Å²) in [5.41, 5.74) is 1.78. The van der Waals surface area contributed by atoms with Gasteiger partial charge in [-0.25, -0.2) is 0 Å². The van der Waals surface area contributed by atoms with Crippen LogP contribution in [0, 0.1) is 24.0 Å². The number of nitrogens with one attached hydrogen (secondary N) is 1. The fraction of sp³-hybridized carbons (Fsp3) is 0.389. The summed E-state index contributed by atoms with van der Waals surface area (Å²) in [6.07, 6.45) is 0. The molecule has 1 heterocycles. The van der Waals surface area contributed by atoms with Crippen LogP contribution < -0.4 is 5.32 Å². The Morgan fingerprint density at radius 2 is 1.77 bits per heavy atom. The number of benzene rings is 1. The highest BCUT2D eigenvalue weighted by Gasteiger charge is 2.23. The molecular weight excluding hydrogens is 336 g/mol. The second kappa shape index (κ2) is 7.07. The highest BCUT2D eigenvalue weighted by molar-refractivity contribution is 6.04. The number of amides is 2. The topological polar surface area (TPSA) is 107 Å². The molecule has 1 N–H and O–H groups in total. The van der Waals surface area contributed by atoms with E-state index >= 15 is 0 Å². The first-order chi connectivity index (χ1) is 12.0. The van der Waals surface area contributed by atoms with E-state index in [4.69, 9.17) is 0 Å². The lowest BCUT2D eigenvalue weighted by molar-refractivity contribution is -0.386. The second-order valence-electron chi connectivity index (χ2n) is 7.14. The standard InChI is InChI=1S/C18H22N4O4/c1-11-16(22(25)26)12(2)21(20-11)10-15(23)19-17(24)13-6-8-14(9-7-13)18(3,4)5/h6-9H,10H2,1-5H3,(H,19,23,24). The lowest BCUT2D eigenvalue weighted by atomic mass is 9.87. The highest BCUT2D eigenvalue weighted by Crippen LogP contribution is 2.22. The summed E-state index contributed by atoms with van der Waals surface area (Å²) in [6, 6.07) is 7.03. The van der Waals surface area contributed by atoms with E-state index in [0.717, 1.165) is 5.56 Å². The molecule has 2 rings (SSSR count). The zero-order valence-corrected chi connectivity index (χ0v) is 15.5. The molecule has 26 heavy (non-hydrogen) atoms. The van der Waals surface area contributed by atoms with E-state index in [1.54, 1.807) is 12.1 Å². The van der Waals surface area contributed by atoms with Gasteiger partial charge in [0.05, 0.1) is 4.92 Å². The smallest absolute Gasteiger partial charge is 0.291 e. The van der Waals surface area contributed by atoms with Crippen molar-refractivity contribution in [1.82, 2.24) is 15.1 Å². The van der Waals surface area contributed by atoms with Crippen molar-refractivity contribution in [2.45, 2.75) is 46.6 Å². The Bertz CT molecular complexity index is 861. The molecule has 0 unspecified atom stereocenters. The summed E-state index contributed by atoms with van der Waals surface area (Å²) in [5.74, 6) is -1.11. The largest absolute Gasteiger partial charge is 0.312 e. The van der Waals surface area contributed by atoms with Crippen LogP contribution in [0.3, 0.4) is 0 Å². The van der Waals surface area contributed by atoms with Crippen molar-refractivity contribution in [3.63, 3.8) is 0 Å². The molecule has 0 atom stereocenters. The number of nitro groups is 1. The minimum absolute atomic E-state index is 0.0327. The molecule has 0 aliphatic rings. The van der Waals surface area contributed by atoms with Gasteiger partial charge in [-0.3, -0.25) is 29.7 Å². The lowest BCUT2D eigenvalue weighted by Crippen LogP contribution is -2.33. The number of aryl methyl sites for hydroxylation is 1. The Morgan fingerprint density at radius 1 is 1.19 bits per heavy atom. The van der Waals surface area contributed by atoms with Crippen molar-refractivity contribution in [1.29, 1.82) is 0 Å². The molecule has 8 nitrogen and oxygen atoms in total. The minimum atomic E-state index is -0.588. The molecule has 8 heteroatoms. The van der Waals surface area contributed by atoms with Crippen LogP contribution in [-0.2, 0) is 16.8 Å². The summed E-state index contributed by atoms with van der Waals surface area (Å²) in [6.45, 7) is 8.95. The third kappa shape index (κ3) is 4.14. The van der Waals surface area contributed by atoms with Crippen LogP contribution in [0.2, 0.25) is 0 Å². The van der Waals surface area contributed by atoms with Crippen molar-refractivity contribution >= 4 is 17.5 Å². The van der Waals surface area contributed by atoms with Gasteiger partial charge < -0.3 is 0 Å². The maximum Gasteiger partial charge on any atom is 0.312 e. The number of nitrogens with zero attached hydrogens (tertiary/aromatic N) is 3. The minimum Gasteiger partial charge on any atom is -0.291 e. The zero-order valence-electron chi connectivity index (χ0n) is 15.5. The SMILES string of the molecule is Cc1nn(CC(=O)NC(=O)c2ccc(C(C)(C)C)cc2)c(C)c1[N+](=O)[O-]. The van der Waals surface area contributed by atoms with E-state index in [1.165, 1.54) is 18.5 Å². The summed E-state index contributed by atoms with van der Waals surface area (Å²) in [4.78, 5) is 34.8. The Morgan fingerprint density at radius 3 is 2.23 bits per heavy atom. The Kier molecular flexibility index (Phi) is 5.25. The number of aromatic nitrogens is 2. The zero-order chi connectivity index (χ0) is 19.6. The van der Waals surface area contributed by atoms with Gasteiger partial charge in [0.1, 0.15) is 17.9 Å². The monoisotopic (exact) mass is 358 g/mol. The summed E-state index contributed by atoms with van der Waals surface area (Å²) in [7, 11) is 0. The molecule has 1 aromatic carbocycles. The van der Waals surface area contributed by atoms with Crippen LogP contribution >= 0.6 is 0 Å². The quantitative estimate of drug-likeness (QED) is 0.668. The van der Waals surface area contributed by atoms with Crippen molar-refractivity contribution in [3.8, 4) is 0 Å². The number of rotatable bonds is 4. The molecule has 0 saturated heterocycles. The maximum atomic E-state index is 12.2. The van der Waals surface area contributed by atoms with Gasteiger partial charge in [-0.05, 0) is 37.0 Å².